The lowest BCUT2D eigenvalue weighted by molar-refractivity contribution is 0.0983. The van der Waals surface area contributed by atoms with Crippen LogP contribution in [0, 0.1) is 0 Å². The van der Waals surface area contributed by atoms with E-state index in [1.54, 1.807) is 0 Å². The van der Waals surface area contributed by atoms with Gasteiger partial charge in [0.15, 0.2) is 5.78 Å². The summed E-state index contributed by atoms with van der Waals surface area (Å²) in [6.45, 7) is 6.51. The summed E-state index contributed by atoms with van der Waals surface area (Å²) in [5.41, 5.74) is 9.71. The Morgan fingerprint density at radius 2 is 1.52 bits per heavy atom. The number of benzene rings is 2. The Labute approximate surface area is 127 Å². The molecule has 0 spiro atoms. The van der Waals surface area contributed by atoms with E-state index in [0.29, 0.717) is 6.42 Å². The summed E-state index contributed by atoms with van der Waals surface area (Å²) in [4.78, 5) is 12.2. The molecule has 2 aromatic rings. The van der Waals surface area contributed by atoms with E-state index in [0.717, 1.165) is 23.2 Å². The van der Waals surface area contributed by atoms with Crippen molar-refractivity contribution in [2.24, 2.45) is 0 Å². The summed E-state index contributed by atoms with van der Waals surface area (Å²) in [5.74, 6) is 0.187. The molecule has 0 aliphatic heterocycles. The van der Waals surface area contributed by atoms with Crippen molar-refractivity contribution in [2.45, 2.75) is 39.0 Å². The van der Waals surface area contributed by atoms with Gasteiger partial charge in [-0.2, -0.15) is 0 Å². The van der Waals surface area contributed by atoms with Gasteiger partial charge in [0, 0.05) is 17.7 Å². The molecule has 2 N–H and O–H groups in total. The molecule has 0 radical (unpaired) electrons. The lowest BCUT2D eigenvalue weighted by Crippen LogP contribution is -2.11. The third-order valence-corrected chi connectivity index (χ3v) is 3.69. The molecule has 2 rings (SSSR count). The van der Waals surface area contributed by atoms with Crippen molar-refractivity contribution >= 4 is 11.5 Å². The van der Waals surface area contributed by atoms with Gasteiger partial charge in [-0.25, -0.2) is 0 Å². The van der Waals surface area contributed by atoms with Crippen LogP contribution in [-0.4, -0.2) is 5.78 Å². The van der Waals surface area contributed by atoms with Crippen LogP contribution in [0.25, 0.3) is 0 Å². The number of Topliss-reactive ketones (excluding diaryl/α,β-unsaturated/α-hetero) is 1. The number of aryl methyl sites for hydroxylation is 1. The van der Waals surface area contributed by atoms with Gasteiger partial charge in [-0.3, -0.25) is 4.79 Å². The van der Waals surface area contributed by atoms with Gasteiger partial charge in [0.05, 0.1) is 0 Å². The van der Waals surface area contributed by atoms with Gasteiger partial charge >= 0.3 is 0 Å². The third-order valence-electron chi connectivity index (χ3n) is 3.69. The molecule has 0 aliphatic rings. The van der Waals surface area contributed by atoms with E-state index < -0.39 is 0 Å². The van der Waals surface area contributed by atoms with Crippen LogP contribution in [0.4, 0.5) is 5.69 Å². The van der Waals surface area contributed by atoms with Crippen molar-refractivity contribution in [3.8, 4) is 0 Å². The topological polar surface area (TPSA) is 43.1 Å². The van der Waals surface area contributed by atoms with E-state index >= 15 is 0 Å². The Kier molecular flexibility index (Phi) is 4.46. The quantitative estimate of drug-likeness (QED) is 0.667. The monoisotopic (exact) mass is 281 g/mol. The molecule has 0 fully saturated rings. The van der Waals surface area contributed by atoms with Gasteiger partial charge < -0.3 is 5.73 Å². The molecule has 2 heteroatoms. The second-order valence-electron chi connectivity index (χ2n) is 6.49. The predicted octanol–water partition coefficient (Wildman–Crippen LogP) is 4.38. The minimum Gasteiger partial charge on any atom is -0.399 e. The fourth-order valence-electron chi connectivity index (χ4n) is 2.24. The van der Waals surface area contributed by atoms with E-state index in [-0.39, 0.29) is 11.2 Å². The van der Waals surface area contributed by atoms with E-state index in [2.05, 4.69) is 32.9 Å². The van der Waals surface area contributed by atoms with Gasteiger partial charge in [-0.15, -0.1) is 0 Å². The standard InChI is InChI=1S/C19H23NO/c1-19(2,3)16-9-7-15(8-10-16)18(21)13-6-14-4-11-17(20)12-5-14/h4-5,7-12H,6,13,20H2,1-3H3. The molecule has 0 saturated carbocycles. The van der Waals surface area contributed by atoms with Crippen molar-refractivity contribution in [3.05, 3.63) is 65.2 Å². The second kappa shape index (κ2) is 6.13. The van der Waals surface area contributed by atoms with Crippen LogP contribution in [-0.2, 0) is 11.8 Å². The van der Waals surface area contributed by atoms with Crippen LogP contribution in [0.15, 0.2) is 48.5 Å². The first-order valence-electron chi connectivity index (χ1n) is 7.34. The van der Waals surface area contributed by atoms with Gasteiger partial charge in [0.2, 0.25) is 0 Å². The number of carbonyl (C=O) groups excluding carboxylic acids is 1. The van der Waals surface area contributed by atoms with Crippen LogP contribution in [0.2, 0.25) is 0 Å². The van der Waals surface area contributed by atoms with Crippen LogP contribution in [0.3, 0.4) is 0 Å². The largest absolute Gasteiger partial charge is 0.399 e. The molecule has 0 bridgehead atoms. The molecule has 2 aromatic carbocycles. The number of nitrogens with two attached hydrogens (primary N) is 1. The average molecular weight is 281 g/mol. The molecule has 0 aliphatic carbocycles. The molecule has 0 saturated heterocycles. The molecular formula is C19H23NO. The molecule has 2 nitrogen and oxygen atoms in total. The second-order valence-corrected chi connectivity index (χ2v) is 6.49. The minimum atomic E-state index is 0.117. The number of hydrogen-bond acceptors (Lipinski definition) is 2. The Hall–Kier alpha value is -2.09. The fourth-order valence-corrected chi connectivity index (χ4v) is 2.24. The number of anilines is 1. The van der Waals surface area contributed by atoms with Crippen LogP contribution in [0.1, 0.15) is 48.7 Å². The third kappa shape index (κ3) is 4.19. The SMILES string of the molecule is CC(C)(C)c1ccc(C(=O)CCc2ccc(N)cc2)cc1. The van der Waals surface area contributed by atoms with Crippen LogP contribution >= 0.6 is 0 Å². The maximum Gasteiger partial charge on any atom is 0.163 e. The molecule has 0 heterocycles. The highest BCUT2D eigenvalue weighted by Crippen LogP contribution is 2.22. The van der Waals surface area contributed by atoms with Crippen LogP contribution in [0.5, 0.6) is 0 Å². The number of rotatable bonds is 4. The smallest absolute Gasteiger partial charge is 0.163 e. The highest BCUT2D eigenvalue weighted by Gasteiger charge is 2.14. The number of nitrogen functional groups attached to an aromatic ring is 1. The van der Waals surface area contributed by atoms with Crippen molar-refractivity contribution < 1.29 is 4.79 Å². The van der Waals surface area contributed by atoms with Crippen molar-refractivity contribution in [2.75, 3.05) is 5.73 Å². The molecule has 0 amide bonds. The Balaban J connectivity index is 1.99. The van der Waals surface area contributed by atoms with Gasteiger partial charge in [0.25, 0.3) is 0 Å². The summed E-state index contributed by atoms with van der Waals surface area (Å²) in [5, 5.41) is 0. The maximum absolute atomic E-state index is 12.2. The Morgan fingerprint density at radius 3 is 2.05 bits per heavy atom. The molecule has 0 unspecified atom stereocenters. The Morgan fingerprint density at radius 1 is 0.952 bits per heavy atom. The maximum atomic E-state index is 12.2. The van der Waals surface area contributed by atoms with Gasteiger partial charge in [0.1, 0.15) is 0 Å². The van der Waals surface area contributed by atoms with E-state index in [9.17, 15) is 4.79 Å². The fraction of sp³-hybridized carbons (Fsp3) is 0.316. The van der Waals surface area contributed by atoms with E-state index in [4.69, 9.17) is 5.73 Å². The summed E-state index contributed by atoms with van der Waals surface area (Å²) in [7, 11) is 0. The molecule has 0 atom stereocenters. The summed E-state index contributed by atoms with van der Waals surface area (Å²) in [6.07, 6.45) is 1.28. The lowest BCUT2D eigenvalue weighted by atomic mass is 9.86. The van der Waals surface area contributed by atoms with Crippen LogP contribution < -0.4 is 5.73 Å². The Bertz CT molecular complexity index is 604. The highest BCUT2D eigenvalue weighted by molar-refractivity contribution is 5.96. The normalized spacial score (nSPS) is 11.4. The van der Waals surface area contributed by atoms with Gasteiger partial charge in [-0.1, -0.05) is 57.2 Å². The lowest BCUT2D eigenvalue weighted by Gasteiger charge is -2.19. The van der Waals surface area contributed by atoms with E-state index in [1.165, 1.54) is 5.56 Å². The average Bonchev–Trinajstić information content (AvgIpc) is 2.45. The zero-order valence-electron chi connectivity index (χ0n) is 13.0. The number of hydrogen-bond donors (Lipinski definition) is 1. The molecule has 21 heavy (non-hydrogen) atoms. The summed E-state index contributed by atoms with van der Waals surface area (Å²) < 4.78 is 0. The van der Waals surface area contributed by atoms with Crippen molar-refractivity contribution in [1.29, 1.82) is 0 Å². The first kappa shape index (κ1) is 15.3. The predicted molar refractivity (Wildman–Crippen MR) is 88.6 cm³/mol. The highest BCUT2D eigenvalue weighted by atomic mass is 16.1. The first-order valence-corrected chi connectivity index (χ1v) is 7.34. The zero-order chi connectivity index (χ0) is 15.5. The van der Waals surface area contributed by atoms with Crippen molar-refractivity contribution in [1.82, 2.24) is 0 Å². The first-order chi connectivity index (χ1) is 9.86. The molecular weight excluding hydrogens is 258 g/mol. The summed E-state index contributed by atoms with van der Waals surface area (Å²) >= 11 is 0. The molecule has 0 aromatic heterocycles. The number of carbonyl (C=O) groups is 1. The number of ketones is 1. The van der Waals surface area contributed by atoms with Crippen molar-refractivity contribution in [3.63, 3.8) is 0 Å². The minimum absolute atomic E-state index is 0.117. The zero-order valence-corrected chi connectivity index (χ0v) is 13.0. The van der Waals surface area contributed by atoms with E-state index in [1.807, 2.05) is 36.4 Å². The molecule has 110 valence electrons. The summed E-state index contributed by atoms with van der Waals surface area (Å²) in [6, 6.07) is 15.7. The van der Waals surface area contributed by atoms with Gasteiger partial charge in [-0.05, 0) is 35.1 Å².